The molecule has 0 atom stereocenters. The quantitative estimate of drug-likeness (QED) is 0.191. The molecule has 0 amide bonds. The Labute approximate surface area is 229 Å². The van der Waals surface area contributed by atoms with Crippen LogP contribution < -0.4 is 25.0 Å². The second-order valence-corrected chi connectivity index (χ2v) is 9.34. The standard InChI is InChI=1S/C28H28N6O6/c1-39-22-13-21(14-23(16-22)40-2)33-11-9-19(10-12-33)30-28-31-25-8-7-20(34(37)38)15-24(25)26(32-28)29-18-5-3-17(4-6-18)27(35)36/h3-8,13-16,19H,9-12H2,1-2H3,(H,35,36)(H2,29,30,31,32). The van der Waals surface area contributed by atoms with E-state index in [1.807, 2.05) is 18.2 Å². The highest BCUT2D eigenvalue weighted by molar-refractivity contribution is 5.94. The summed E-state index contributed by atoms with van der Waals surface area (Å²) in [4.78, 5) is 33.7. The van der Waals surface area contributed by atoms with Crippen LogP contribution in [-0.4, -0.2) is 59.3 Å². The Morgan fingerprint density at radius 2 is 1.68 bits per heavy atom. The SMILES string of the molecule is COc1cc(OC)cc(N2CCC(Nc3nc(Nc4ccc(C(=O)O)cc4)c4cc([N+](=O)[O-])ccc4n3)CC2)c1. The van der Waals surface area contributed by atoms with Crippen LogP contribution in [0.5, 0.6) is 11.5 Å². The minimum atomic E-state index is -1.03. The van der Waals surface area contributed by atoms with Crippen LogP contribution in [0, 0.1) is 10.1 Å². The maximum Gasteiger partial charge on any atom is 0.335 e. The van der Waals surface area contributed by atoms with E-state index in [-0.39, 0.29) is 17.3 Å². The van der Waals surface area contributed by atoms with E-state index in [0.29, 0.717) is 28.4 Å². The summed E-state index contributed by atoms with van der Waals surface area (Å²) < 4.78 is 10.8. The number of nitro benzene ring substituents is 1. The molecular weight excluding hydrogens is 516 g/mol. The first-order chi connectivity index (χ1) is 19.3. The van der Waals surface area contributed by atoms with Crippen molar-refractivity contribution in [3.63, 3.8) is 0 Å². The molecule has 1 saturated heterocycles. The van der Waals surface area contributed by atoms with Gasteiger partial charge in [0.05, 0.1) is 30.2 Å². The highest BCUT2D eigenvalue weighted by atomic mass is 16.6. The number of aromatic carboxylic acids is 1. The zero-order chi connectivity index (χ0) is 28.2. The van der Waals surface area contributed by atoms with Gasteiger partial charge in [-0.05, 0) is 43.2 Å². The van der Waals surface area contributed by atoms with Gasteiger partial charge in [0.15, 0.2) is 0 Å². The second kappa shape index (κ2) is 11.3. The molecule has 1 fully saturated rings. The molecule has 0 saturated carbocycles. The molecule has 0 spiro atoms. The number of methoxy groups -OCH3 is 2. The summed E-state index contributed by atoms with van der Waals surface area (Å²) in [6.07, 6.45) is 1.67. The molecule has 40 heavy (non-hydrogen) atoms. The third kappa shape index (κ3) is 5.80. The first-order valence-electron chi connectivity index (χ1n) is 12.6. The van der Waals surface area contributed by atoms with Crippen molar-refractivity contribution in [2.24, 2.45) is 0 Å². The van der Waals surface area contributed by atoms with Crippen molar-refractivity contribution >= 4 is 45.7 Å². The third-order valence-corrected chi connectivity index (χ3v) is 6.81. The van der Waals surface area contributed by atoms with Gasteiger partial charge in [0.1, 0.15) is 17.3 Å². The van der Waals surface area contributed by atoms with Gasteiger partial charge in [0.2, 0.25) is 5.95 Å². The molecule has 0 unspecified atom stereocenters. The van der Waals surface area contributed by atoms with Crippen LogP contribution in [0.2, 0.25) is 0 Å². The van der Waals surface area contributed by atoms with Crippen molar-refractivity contribution in [3.05, 3.63) is 76.3 Å². The van der Waals surface area contributed by atoms with Crippen LogP contribution in [0.15, 0.2) is 60.7 Å². The van der Waals surface area contributed by atoms with Crippen LogP contribution in [0.3, 0.4) is 0 Å². The lowest BCUT2D eigenvalue weighted by Crippen LogP contribution is -2.39. The lowest BCUT2D eigenvalue weighted by Gasteiger charge is -2.34. The van der Waals surface area contributed by atoms with E-state index < -0.39 is 10.9 Å². The number of benzene rings is 3. The fourth-order valence-corrected chi connectivity index (χ4v) is 4.66. The average Bonchev–Trinajstić information content (AvgIpc) is 2.97. The Hall–Kier alpha value is -5.13. The number of nitrogens with one attached hydrogen (secondary N) is 2. The van der Waals surface area contributed by atoms with Crippen LogP contribution in [-0.2, 0) is 0 Å². The minimum absolute atomic E-state index is 0.0809. The van der Waals surface area contributed by atoms with Crippen molar-refractivity contribution in [3.8, 4) is 11.5 Å². The van der Waals surface area contributed by atoms with Gasteiger partial charge in [-0.2, -0.15) is 4.98 Å². The predicted octanol–water partition coefficient (Wildman–Crippen LogP) is 5.08. The molecule has 2 heterocycles. The van der Waals surface area contributed by atoms with Gasteiger partial charge in [-0.1, -0.05) is 0 Å². The maximum atomic E-state index is 11.4. The Morgan fingerprint density at radius 3 is 2.27 bits per heavy atom. The van der Waals surface area contributed by atoms with E-state index in [0.717, 1.165) is 43.1 Å². The van der Waals surface area contributed by atoms with Gasteiger partial charge in [0, 0.05) is 66.2 Å². The lowest BCUT2D eigenvalue weighted by atomic mass is 10.0. The smallest absolute Gasteiger partial charge is 0.335 e. The highest BCUT2D eigenvalue weighted by Crippen LogP contribution is 2.32. The van der Waals surface area contributed by atoms with Gasteiger partial charge >= 0.3 is 5.97 Å². The Bertz CT molecular complexity index is 1530. The molecule has 4 aromatic rings. The molecule has 3 aromatic carbocycles. The minimum Gasteiger partial charge on any atom is -0.497 e. The number of nitro groups is 1. The molecule has 0 radical (unpaired) electrons. The molecule has 1 aliphatic rings. The molecule has 0 aliphatic carbocycles. The largest absolute Gasteiger partial charge is 0.497 e. The Balaban J connectivity index is 1.36. The van der Waals surface area contributed by atoms with Gasteiger partial charge in [0.25, 0.3) is 5.69 Å². The molecule has 12 heteroatoms. The maximum absolute atomic E-state index is 11.4. The van der Waals surface area contributed by atoms with Crippen LogP contribution in [0.25, 0.3) is 10.9 Å². The first kappa shape index (κ1) is 26.5. The number of rotatable bonds is 9. The molecule has 3 N–H and O–H groups in total. The van der Waals surface area contributed by atoms with Crippen molar-refractivity contribution in [1.82, 2.24) is 9.97 Å². The number of fused-ring (bicyclic) bond motifs is 1. The monoisotopic (exact) mass is 544 g/mol. The Kier molecular flexibility index (Phi) is 7.49. The number of nitrogens with zero attached hydrogens (tertiary/aromatic N) is 4. The predicted molar refractivity (Wildman–Crippen MR) is 151 cm³/mol. The fourth-order valence-electron chi connectivity index (χ4n) is 4.66. The summed E-state index contributed by atoms with van der Waals surface area (Å²) in [5.41, 5.74) is 2.22. The molecule has 206 valence electrons. The molecular formula is C28H28N6O6. The summed E-state index contributed by atoms with van der Waals surface area (Å²) in [5.74, 6) is 1.21. The Morgan fingerprint density at radius 1 is 1.00 bits per heavy atom. The summed E-state index contributed by atoms with van der Waals surface area (Å²) in [7, 11) is 3.26. The van der Waals surface area contributed by atoms with Gasteiger partial charge in [-0.25, -0.2) is 9.78 Å². The van der Waals surface area contributed by atoms with Gasteiger partial charge in [-0.3, -0.25) is 10.1 Å². The topological polar surface area (TPSA) is 152 Å². The number of non-ortho nitro benzene ring substituents is 1. The zero-order valence-electron chi connectivity index (χ0n) is 22.0. The van der Waals surface area contributed by atoms with E-state index in [4.69, 9.17) is 9.47 Å². The number of anilines is 4. The normalized spacial score (nSPS) is 13.6. The van der Waals surface area contributed by atoms with E-state index >= 15 is 0 Å². The van der Waals surface area contributed by atoms with Crippen molar-refractivity contribution in [1.29, 1.82) is 0 Å². The van der Waals surface area contributed by atoms with Gasteiger partial charge < -0.3 is 30.1 Å². The highest BCUT2D eigenvalue weighted by Gasteiger charge is 2.22. The van der Waals surface area contributed by atoms with Crippen LogP contribution >= 0.6 is 0 Å². The summed E-state index contributed by atoms with van der Waals surface area (Å²) in [6, 6.07) is 16.5. The van der Waals surface area contributed by atoms with Crippen molar-refractivity contribution in [2.75, 3.05) is 42.8 Å². The number of hydrogen-bond acceptors (Lipinski definition) is 10. The van der Waals surface area contributed by atoms with Gasteiger partial charge in [-0.15, -0.1) is 0 Å². The van der Waals surface area contributed by atoms with Crippen LogP contribution in [0.4, 0.5) is 28.8 Å². The zero-order valence-corrected chi connectivity index (χ0v) is 22.0. The van der Waals surface area contributed by atoms with E-state index in [1.54, 1.807) is 32.4 Å². The van der Waals surface area contributed by atoms with Crippen molar-refractivity contribution < 1.29 is 24.3 Å². The summed E-state index contributed by atoms with van der Waals surface area (Å²) in [6.45, 7) is 1.60. The number of carboxylic acids is 1. The van der Waals surface area contributed by atoms with E-state index in [2.05, 4.69) is 25.5 Å². The number of ether oxygens (including phenoxy) is 2. The number of carboxylic acid groups (broad SMARTS) is 1. The van der Waals surface area contributed by atoms with E-state index in [9.17, 15) is 20.0 Å². The molecule has 1 aliphatic heterocycles. The second-order valence-electron chi connectivity index (χ2n) is 9.34. The molecule has 0 bridgehead atoms. The molecule has 12 nitrogen and oxygen atoms in total. The van der Waals surface area contributed by atoms with E-state index in [1.165, 1.54) is 24.3 Å². The molecule has 5 rings (SSSR count). The fraction of sp³-hybridized carbons (Fsp3) is 0.250. The molecule has 1 aromatic heterocycles. The summed E-state index contributed by atoms with van der Waals surface area (Å²) >= 11 is 0. The summed E-state index contributed by atoms with van der Waals surface area (Å²) in [5, 5.41) is 27.7. The van der Waals surface area contributed by atoms with Crippen LogP contribution in [0.1, 0.15) is 23.2 Å². The lowest BCUT2D eigenvalue weighted by molar-refractivity contribution is -0.384. The number of aromatic nitrogens is 2. The number of hydrogen-bond donors (Lipinski definition) is 3. The first-order valence-corrected chi connectivity index (χ1v) is 12.6. The average molecular weight is 545 g/mol. The third-order valence-electron chi connectivity index (χ3n) is 6.81. The number of carbonyl (C=O) groups is 1. The number of piperidine rings is 1. The van der Waals surface area contributed by atoms with Crippen molar-refractivity contribution in [2.45, 2.75) is 18.9 Å².